The molecule has 0 spiro atoms. The summed E-state index contributed by atoms with van der Waals surface area (Å²) in [6.07, 6.45) is 4.65. The van der Waals surface area contributed by atoms with Crippen molar-refractivity contribution in [3.05, 3.63) is 76.5 Å². The Kier molecular flexibility index (Phi) is 3.49. The molecule has 2 aromatic heterocycles. The van der Waals surface area contributed by atoms with Gasteiger partial charge in [0.15, 0.2) is 0 Å². The molecule has 0 unspecified atom stereocenters. The zero-order chi connectivity index (χ0) is 16.5. The van der Waals surface area contributed by atoms with Crippen LogP contribution >= 0.6 is 0 Å². The zero-order valence-electron chi connectivity index (χ0n) is 13.0. The van der Waals surface area contributed by atoms with Gasteiger partial charge in [-0.05, 0) is 28.5 Å². The summed E-state index contributed by atoms with van der Waals surface area (Å²) in [5, 5.41) is 11.5. The smallest absolute Gasteiger partial charge is 0.358 e. The van der Waals surface area contributed by atoms with Crippen LogP contribution in [0.5, 0.6) is 0 Å². The molecule has 0 saturated carbocycles. The highest BCUT2D eigenvalue weighted by Crippen LogP contribution is 2.32. The first-order valence-corrected chi connectivity index (χ1v) is 7.85. The maximum Gasteiger partial charge on any atom is 0.372 e. The van der Waals surface area contributed by atoms with Crippen LogP contribution in [-0.4, -0.2) is 27.4 Å². The van der Waals surface area contributed by atoms with E-state index in [9.17, 15) is 10.1 Å². The van der Waals surface area contributed by atoms with Crippen molar-refractivity contribution in [3.63, 3.8) is 0 Å². The van der Waals surface area contributed by atoms with Gasteiger partial charge in [-0.2, -0.15) is 9.38 Å². The van der Waals surface area contributed by atoms with E-state index < -0.39 is 0 Å². The van der Waals surface area contributed by atoms with E-state index >= 15 is 0 Å². The first kappa shape index (κ1) is 14.4. The molecule has 0 radical (unpaired) electrons. The topological polar surface area (TPSA) is 63.7 Å². The molecule has 1 aromatic carbocycles. The molecule has 1 aliphatic heterocycles. The van der Waals surface area contributed by atoms with Crippen molar-refractivity contribution in [1.29, 1.82) is 0 Å². The molecule has 0 fully saturated rings. The normalized spacial score (nSPS) is 14.7. The third-order valence-corrected chi connectivity index (χ3v) is 4.31. The molecule has 6 nitrogen and oxygen atoms in total. The van der Waals surface area contributed by atoms with Gasteiger partial charge in [0.25, 0.3) is 0 Å². The highest BCUT2D eigenvalue weighted by molar-refractivity contribution is 5.70. The summed E-state index contributed by atoms with van der Waals surface area (Å²) in [5.41, 5.74) is 3.08. The largest absolute Gasteiger partial charge is 0.372 e. The number of hydrogen-bond donors (Lipinski definition) is 0. The number of nitro groups is 1. The van der Waals surface area contributed by atoms with E-state index in [4.69, 9.17) is 0 Å². The average Bonchev–Trinajstić information content (AvgIpc) is 3.02. The molecule has 0 bridgehead atoms. The van der Waals surface area contributed by atoms with Crippen molar-refractivity contribution in [2.45, 2.75) is 6.42 Å². The number of imidazole rings is 1. The minimum Gasteiger partial charge on any atom is -0.358 e. The van der Waals surface area contributed by atoms with Crippen LogP contribution in [0.3, 0.4) is 0 Å². The first-order chi connectivity index (χ1) is 11.7. The van der Waals surface area contributed by atoms with Crippen LogP contribution < -0.4 is 4.90 Å². The highest BCUT2D eigenvalue weighted by Gasteiger charge is 2.27. The number of pyridine rings is 1. The molecular weight excluding hydrogens is 304 g/mol. The predicted octanol–water partition coefficient (Wildman–Crippen LogP) is 3.54. The molecule has 3 heterocycles. The van der Waals surface area contributed by atoms with Gasteiger partial charge in [0, 0.05) is 19.2 Å². The number of rotatable bonds is 3. The van der Waals surface area contributed by atoms with Gasteiger partial charge in [0.1, 0.15) is 0 Å². The van der Waals surface area contributed by atoms with Crippen LogP contribution in [0.25, 0.3) is 11.2 Å². The Morgan fingerprint density at radius 1 is 1.08 bits per heavy atom. The third kappa shape index (κ3) is 2.42. The molecule has 6 heteroatoms. The second-order valence-electron chi connectivity index (χ2n) is 5.74. The highest BCUT2D eigenvalue weighted by atomic mass is 16.6. The molecule has 3 aromatic rings. The van der Waals surface area contributed by atoms with E-state index in [1.165, 1.54) is 15.5 Å². The Labute approximate surface area is 138 Å². The number of fused-ring (bicyclic) bond motifs is 1. The summed E-state index contributed by atoms with van der Waals surface area (Å²) in [7, 11) is 0. The molecule has 4 rings (SSSR count). The number of benzene rings is 1. The van der Waals surface area contributed by atoms with E-state index in [0.717, 1.165) is 6.42 Å². The minimum atomic E-state index is -0.355. The SMILES string of the molecule is O=[N+]([O-])c1c(N2CC=C(c3ccccc3)CC2)nc2ccccn12. The van der Waals surface area contributed by atoms with Crippen molar-refractivity contribution in [1.82, 2.24) is 9.38 Å². The lowest BCUT2D eigenvalue weighted by atomic mass is 10.00. The molecule has 0 saturated heterocycles. The van der Waals surface area contributed by atoms with E-state index in [1.54, 1.807) is 18.3 Å². The summed E-state index contributed by atoms with van der Waals surface area (Å²) in [4.78, 5) is 17.6. The molecule has 120 valence electrons. The van der Waals surface area contributed by atoms with E-state index in [2.05, 4.69) is 23.2 Å². The number of hydrogen-bond acceptors (Lipinski definition) is 4. The average molecular weight is 320 g/mol. The van der Waals surface area contributed by atoms with Gasteiger partial charge in [-0.15, -0.1) is 0 Å². The van der Waals surface area contributed by atoms with E-state index in [0.29, 0.717) is 24.6 Å². The maximum atomic E-state index is 11.5. The summed E-state index contributed by atoms with van der Waals surface area (Å²) in [5.74, 6) is 0.469. The fourth-order valence-electron chi connectivity index (χ4n) is 3.13. The van der Waals surface area contributed by atoms with Crippen molar-refractivity contribution < 1.29 is 4.92 Å². The summed E-state index contributed by atoms with van der Waals surface area (Å²) < 4.78 is 1.53. The van der Waals surface area contributed by atoms with Crippen LogP contribution in [0.15, 0.2) is 60.8 Å². The lowest BCUT2D eigenvalue weighted by molar-refractivity contribution is -0.389. The fourth-order valence-corrected chi connectivity index (χ4v) is 3.13. The Bertz CT molecular complexity index is 931. The zero-order valence-corrected chi connectivity index (χ0v) is 13.0. The van der Waals surface area contributed by atoms with Crippen molar-refractivity contribution >= 4 is 22.9 Å². The summed E-state index contributed by atoms with van der Waals surface area (Å²) in [6, 6.07) is 15.6. The van der Waals surface area contributed by atoms with E-state index in [-0.39, 0.29) is 10.7 Å². The van der Waals surface area contributed by atoms with Gasteiger partial charge >= 0.3 is 5.82 Å². The second-order valence-corrected chi connectivity index (χ2v) is 5.74. The number of anilines is 1. The molecule has 1 aliphatic rings. The van der Waals surface area contributed by atoms with Crippen LogP contribution in [0.1, 0.15) is 12.0 Å². The maximum absolute atomic E-state index is 11.5. The van der Waals surface area contributed by atoms with Crippen LogP contribution in [0.4, 0.5) is 11.6 Å². The number of aromatic nitrogens is 2. The Morgan fingerprint density at radius 2 is 1.88 bits per heavy atom. The van der Waals surface area contributed by atoms with Gasteiger partial charge in [0.2, 0.25) is 11.5 Å². The van der Waals surface area contributed by atoms with Gasteiger partial charge in [0.05, 0.1) is 6.20 Å². The minimum absolute atomic E-state index is 0.0298. The first-order valence-electron chi connectivity index (χ1n) is 7.85. The molecule has 24 heavy (non-hydrogen) atoms. The standard InChI is InChI=1S/C18H16N4O2/c23-22(24)18-17(19-16-8-4-5-11-21(16)18)20-12-9-15(10-13-20)14-6-2-1-3-7-14/h1-9,11H,10,12-13H2. The van der Waals surface area contributed by atoms with Gasteiger partial charge in [-0.25, -0.2) is 0 Å². The van der Waals surface area contributed by atoms with Crippen molar-refractivity contribution in [3.8, 4) is 0 Å². The molecule has 0 atom stereocenters. The third-order valence-electron chi connectivity index (χ3n) is 4.31. The summed E-state index contributed by atoms with van der Waals surface area (Å²) in [6.45, 7) is 1.33. The molecule has 0 aliphatic carbocycles. The van der Waals surface area contributed by atoms with Gasteiger partial charge in [-0.3, -0.25) is 0 Å². The monoisotopic (exact) mass is 320 g/mol. The lowest BCUT2D eigenvalue weighted by Crippen LogP contribution is -2.29. The lowest BCUT2D eigenvalue weighted by Gasteiger charge is -2.26. The van der Waals surface area contributed by atoms with E-state index in [1.807, 2.05) is 29.2 Å². The fraction of sp³-hybridized carbons (Fsp3) is 0.167. The van der Waals surface area contributed by atoms with Crippen LogP contribution in [0, 0.1) is 10.1 Å². The summed E-state index contributed by atoms with van der Waals surface area (Å²) >= 11 is 0. The van der Waals surface area contributed by atoms with Crippen molar-refractivity contribution in [2.24, 2.45) is 0 Å². The predicted molar refractivity (Wildman–Crippen MR) is 93.1 cm³/mol. The van der Waals surface area contributed by atoms with Crippen LogP contribution in [-0.2, 0) is 0 Å². The van der Waals surface area contributed by atoms with Crippen LogP contribution in [0.2, 0.25) is 0 Å². The van der Waals surface area contributed by atoms with Crippen molar-refractivity contribution in [2.75, 3.05) is 18.0 Å². The molecule has 0 N–H and O–H groups in total. The van der Waals surface area contributed by atoms with Gasteiger partial charge in [-0.1, -0.05) is 42.5 Å². The Balaban J connectivity index is 1.69. The Morgan fingerprint density at radius 3 is 2.58 bits per heavy atom. The number of nitrogens with zero attached hydrogens (tertiary/aromatic N) is 4. The quantitative estimate of drug-likeness (QED) is 0.547. The molecular formula is C18H16N4O2. The Hall–Kier alpha value is -3.15. The molecule has 0 amide bonds. The second kappa shape index (κ2) is 5.81. The van der Waals surface area contributed by atoms with Gasteiger partial charge < -0.3 is 15.0 Å².